The standard InChI is InChI=1S/C30H40ClFN4O6S/c1-19-17-33-18-23(36(19)43(3,39)40)11-12-24-25(32)5-4-6-26(24)34-29(37)28(35-30(38)41-2)27(21-13-15-42-16-14-21)20-7-9-22(31)10-8-20/h4-10,19,21,23,27-28,33H,11-18H2,1-3H3,(H,34,37)(H,35,38)/t19-,23+,27+,28+/m1/s1. The number of hydrogen-bond acceptors (Lipinski definition) is 7. The summed E-state index contributed by atoms with van der Waals surface area (Å²) in [7, 11) is -2.26. The van der Waals surface area contributed by atoms with E-state index in [-0.39, 0.29) is 35.7 Å². The minimum atomic E-state index is -3.48. The van der Waals surface area contributed by atoms with E-state index in [1.165, 1.54) is 29.8 Å². The van der Waals surface area contributed by atoms with Crippen molar-refractivity contribution in [2.24, 2.45) is 5.92 Å². The molecule has 0 bridgehead atoms. The van der Waals surface area contributed by atoms with Crippen molar-refractivity contribution in [2.75, 3.05) is 45.0 Å². The predicted octanol–water partition coefficient (Wildman–Crippen LogP) is 3.91. The van der Waals surface area contributed by atoms with E-state index in [2.05, 4.69) is 16.0 Å². The zero-order valence-corrected chi connectivity index (χ0v) is 26.2. The number of nitrogens with zero attached hydrogens (tertiary/aromatic N) is 1. The molecule has 2 aliphatic rings. The number of halogens is 2. The largest absolute Gasteiger partial charge is 0.453 e. The molecule has 10 nitrogen and oxygen atoms in total. The van der Waals surface area contributed by atoms with Crippen LogP contribution in [0.1, 0.15) is 43.2 Å². The Morgan fingerprint density at radius 2 is 1.86 bits per heavy atom. The highest BCUT2D eigenvalue weighted by Gasteiger charge is 2.38. The van der Waals surface area contributed by atoms with Crippen LogP contribution in [-0.4, -0.2) is 82.5 Å². The van der Waals surface area contributed by atoms with Crippen molar-refractivity contribution in [3.05, 3.63) is 64.4 Å². The van der Waals surface area contributed by atoms with Gasteiger partial charge >= 0.3 is 6.09 Å². The molecule has 43 heavy (non-hydrogen) atoms. The van der Waals surface area contributed by atoms with Crippen molar-refractivity contribution < 1.29 is 31.9 Å². The zero-order chi connectivity index (χ0) is 31.1. The fraction of sp³-hybridized carbons (Fsp3) is 0.533. The van der Waals surface area contributed by atoms with Crippen LogP contribution in [0.4, 0.5) is 14.9 Å². The summed E-state index contributed by atoms with van der Waals surface area (Å²) in [5, 5.41) is 9.37. The molecule has 13 heteroatoms. The SMILES string of the molecule is COC(=O)N[C@H](C(=O)Nc1cccc(F)c1CC[C@H]1CNC[C@@H](C)N1S(C)(=O)=O)[C@@H](c1ccc(Cl)cc1)C1CCOCC1. The van der Waals surface area contributed by atoms with Crippen molar-refractivity contribution in [1.82, 2.24) is 14.9 Å². The number of amides is 2. The average molecular weight is 639 g/mol. The molecule has 3 N–H and O–H groups in total. The third kappa shape index (κ3) is 8.45. The molecule has 2 aromatic rings. The first-order valence-corrected chi connectivity index (χ1v) is 16.7. The first-order chi connectivity index (χ1) is 20.5. The number of methoxy groups -OCH3 is 1. The molecule has 4 rings (SSSR count). The van der Waals surface area contributed by atoms with Crippen molar-refractivity contribution in [1.29, 1.82) is 0 Å². The van der Waals surface area contributed by atoms with Gasteiger partial charge in [0.25, 0.3) is 0 Å². The van der Waals surface area contributed by atoms with Gasteiger partial charge in [0.15, 0.2) is 0 Å². The molecule has 2 saturated heterocycles. The van der Waals surface area contributed by atoms with Gasteiger partial charge in [0.2, 0.25) is 15.9 Å². The van der Waals surface area contributed by atoms with E-state index in [1.807, 2.05) is 19.1 Å². The molecular formula is C30H40ClFN4O6S. The molecule has 2 aromatic carbocycles. The number of piperazine rings is 1. The Morgan fingerprint density at radius 1 is 1.16 bits per heavy atom. The molecular weight excluding hydrogens is 599 g/mol. The highest BCUT2D eigenvalue weighted by Crippen LogP contribution is 2.36. The van der Waals surface area contributed by atoms with Crippen LogP contribution < -0.4 is 16.0 Å². The van der Waals surface area contributed by atoms with E-state index in [0.717, 1.165) is 5.56 Å². The van der Waals surface area contributed by atoms with Gasteiger partial charge in [0, 0.05) is 60.6 Å². The quantitative estimate of drug-likeness (QED) is 0.360. The molecule has 236 valence electrons. The second-order valence-corrected chi connectivity index (χ2v) is 13.5. The van der Waals surface area contributed by atoms with Gasteiger partial charge in [0.1, 0.15) is 11.9 Å². The minimum absolute atomic E-state index is 0.00224. The smallest absolute Gasteiger partial charge is 0.407 e. The Kier molecular flexibility index (Phi) is 11.4. The molecule has 2 aliphatic heterocycles. The van der Waals surface area contributed by atoms with Gasteiger partial charge in [0.05, 0.1) is 13.4 Å². The van der Waals surface area contributed by atoms with E-state index < -0.39 is 39.8 Å². The molecule has 4 atom stereocenters. The number of sulfonamides is 1. The van der Waals surface area contributed by atoms with Gasteiger partial charge < -0.3 is 25.4 Å². The summed E-state index contributed by atoms with van der Waals surface area (Å²) in [5.74, 6) is -1.50. The van der Waals surface area contributed by atoms with Crippen molar-refractivity contribution in [3.8, 4) is 0 Å². The number of ether oxygens (including phenoxy) is 2. The van der Waals surface area contributed by atoms with E-state index in [4.69, 9.17) is 21.1 Å². The fourth-order valence-corrected chi connectivity index (χ4v) is 7.85. The van der Waals surface area contributed by atoms with Crippen LogP contribution in [0.5, 0.6) is 0 Å². The van der Waals surface area contributed by atoms with E-state index in [1.54, 1.807) is 18.2 Å². The summed E-state index contributed by atoms with van der Waals surface area (Å²) in [6.45, 7) is 3.84. The van der Waals surface area contributed by atoms with Gasteiger partial charge in [-0.1, -0.05) is 29.8 Å². The maximum atomic E-state index is 15.3. The molecule has 0 spiro atoms. The van der Waals surface area contributed by atoms with Crippen LogP contribution >= 0.6 is 11.6 Å². The summed E-state index contributed by atoms with van der Waals surface area (Å²) in [6.07, 6.45) is 2.29. The Labute approximate surface area is 257 Å². The number of nitrogens with one attached hydrogen (secondary N) is 3. The summed E-state index contributed by atoms with van der Waals surface area (Å²) < 4.78 is 52.2. The lowest BCUT2D eigenvalue weighted by Crippen LogP contribution is -2.58. The third-order valence-electron chi connectivity index (χ3n) is 8.23. The number of alkyl carbamates (subject to hydrolysis) is 1. The Morgan fingerprint density at radius 3 is 2.51 bits per heavy atom. The summed E-state index contributed by atoms with van der Waals surface area (Å²) in [4.78, 5) is 26.5. The molecule has 0 aromatic heterocycles. The molecule has 0 aliphatic carbocycles. The lowest BCUT2D eigenvalue weighted by atomic mass is 9.76. The van der Waals surface area contributed by atoms with Gasteiger partial charge in [-0.2, -0.15) is 4.31 Å². The molecule has 2 heterocycles. The molecule has 2 amide bonds. The van der Waals surface area contributed by atoms with Crippen LogP contribution in [0.2, 0.25) is 5.02 Å². The van der Waals surface area contributed by atoms with E-state index in [0.29, 0.717) is 50.6 Å². The van der Waals surface area contributed by atoms with Crippen LogP contribution in [0, 0.1) is 11.7 Å². The summed E-state index contributed by atoms with van der Waals surface area (Å²) in [5.41, 5.74) is 1.33. The van der Waals surface area contributed by atoms with E-state index in [9.17, 15) is 18.0 Å². The lowest BCUT2D eigenvalue weighted by molar-refractivity contribution is -0.119. The second-order valence-electron chi connectivity index (χ2n) is 11.2. The van der Waals surface area contributed by atoms with Gasteiger partial charge in [-0.15, -0.1) is 0 Å². The first-order valence-electron chi connectivity index (χ1n) is 14.4. The van der Waals surface area contributed by atoms with Gasteiger partial charge in [-0.25, -0.2) is 17.6 Å². The maximum absolute atomic E-state index is 15.3. The summed E-state index contributed by atoms with van der Waals surface area (Å²) in [6, 6.07) is 9.88. The van der Waals surface area contributed by atoms with Crippen molar-refractivity contribution in [2.45, 2.75) is 56.7 Å². The normalized spacial score (nSPS) is 21.5. The first kappa shape index (κ1) is 33.1. The zero-order valence-electron chi connectivity index (χ0n) is 24.6. The van der Waals surface area contributed by atoms with Gasteiger partial charge in [-0.3, -0.25) is 4.79 Å². The topological polar surface area (TPSA) is 126 Å². The van der Waals surface area contributed by atoms with Crippen LogP contribution in [0.15, 0.2) is 42.5 Å². The molecule has 0 saturated carbocycles. The predicted molar refractivity (Wildman–Crippen MR) is 163 cm³/mol. The number of hydrogen-bond donors (Lipinski definition) is 3. The minimum Gasteiger partial charge on any atom is -0.453 e. The number of benzene rings is 2. The highest BCUT2D eigenvalue weighted by molar-refractivity contribution is 7.88. The van der Waals surface area contributed by atoms with Crippen molar-refractivity contribution in [3.63, 3.8) is 0 Å². The van der Waals surface area contributed by atoms with Gasteiger partial charge in [-0.05, 0) is 68.4 Å². The Bertz CT molecular complexity index is 1370. The number of anilines is 1. The molecule has 0 radical (unpaired) electrons. The number of rotatable bonds is 10. The third-order valence-corrected chi connectivity index (χ3v) is 9.91. The Hall–Kier alpha value is -2.77. The van der Waals surface area contributed by atoms with E-state index >= 15 is 4.39 Å². The maximum Gasteiger partial charge on any atom is 0.407 e. The monoisotopic (exact) mass is 638 g/mol. The lowest BCUT2D eigenvalue weighted by Gasteiger charge is -2.39. The fourth-order valence-electron chi connectivity index (χ4n) is 6.28. The average Bonchev–Trinajstić information content (AvgIpc) is 2.97. The summed E-state index contributed by atoms with van der Waals surface area (Å²) >= 11 is 6.15. The second kappa shape index (κ2) is 14.8. The number of carbonyl (C=O) groups is 2. The van der Waals surface area contributed by atoms with Crippen LogP contribution in [0.3, 0.4) is 0 Å². The Balaban J connectivity index is 1.63. The number of carbonyl (C=O) groups excluding carboxylic acids is 2. The molecule has 2 fully saturated rings. The van der Waals surface area contributed by atoms with Crippen molar-refractivity contribution >= 4 is 39.3 Å². The van der Waals surface area contributed by atoms with Crippen LogP contribution in [-0.2, 0) is 30.7 Å². The van der Waals surface area contributed by atoms with Crippen LogP contribution in [0.25, 0.3) is 0 Å². The highest BCUT2D eigenvalue weighted by atomic mass is 35.5. The molecule has 0 unspecified atom stereocenters.